The maximum absolute atomic E-state index is 12.8. The second-order valence-corrected chi connectivity index (χ2v) is 9.59. The molecule has 174 valence electrons. The molecule has 9 nitrogen and oxygen atoms in total. The van der Waals surface area contributed by atoms with E-state index >= 15 is 0 Å². The van der Waals surface area contributed by atoms with Crippen LogP contribution in [0.5, 0.6) is 5.75 Å². The number of benzene rings is 2. The van der Waals surface area contributed by atoms with E-state index in [1.54, 1.807) is 24.3 Å². The van der Waals surface area contributed by atoms with E-state index in [-0.39, 0.29) is 15.5 Å². The molecule has 2 aromatic carbocycles. The van der Waals surface area contributed by atoms with Crippen molar-refractivity contribution in [2.24, 2.45) is 4.40 Å². The van der Waals surface area contributed by atoms with Crippen molar-refractivity contribution in [3.05, 3.63) is 52.5 Å². The molecule has 2 amide bonds. The second-order valence-electron chi connectivity index (χ2n) is 7.61. The molecule has 2 aliphatic heterocycles. The van der Waals surface area contributed by atoms with Gasteiger partial charge in [-0.3, -0.25) is 20.4 Å². The molecule has 2 heterocycles. The molecular formula is C22H23ClN4O5S. The highest BCUT2D eigenvalue weighted by atomic mass is 35.5. The number of nitrogens with zero attached hydrogens (tertiary/aromatic N) is 2. The summed E-state index contributed by atoms with van der Waals surface area (Å²) < 4.78 is 34.9. The van der Waals surface area contributed by atoms with Gasteiger partial charge in [-0.1, -0.05) is 18.0 Å². The largest absolute Gasteiger partial charge is 0.494 e. The Balaban J connectivity index is 1.53. The Kier molecular flexibility index (Phi) is 6.57. The topological polar surface area (TPSA) is 117 Å². The van der Waals surface area contributed by atoms with E-state index in [1.807, 2.05) is 11.8 Å². The molecule has 0 atom stereocenters. The average molecular weight is 491 g/mol. The summed E-state index contributed by atoms with van der Waals surface area (Å²) in [4.78, 5) is 26.8. The Bertz CT molecular complexity index is 1230. The predicted octanol–water partition coefficient (Wildman–Crippen LogP) is 3.29. The van der Waals surface area contributed by atoms with Crippen LogP contribution < -0.4 is 20.5 Å². The molecule has 0 saturated carbocycles. The summed E-state index contributed by atoms with van der Waals surface area (Å²) in [6.07, 6.45) is 3.31. The lowest BCUT2D eigenvalue weighted by molar-refractivity contribution is 0.0846. The van der Waals surface area contributed by atoms with Crippen molar-refractivity contribution in [3.8, 4) is 5.75 Å². The van der Waals surface area contributed by atoms with Gasteiger partial charge < -0.3 is 9.64 Å². The SMILES string of the molecule is CCOc1ccc(C(=O)NNC(=O)c2cc3c(cc2Cl)N2CCCCCC2=NS3(=O)=O)cc1. The van der Waals surface area contributed by atoms with Gasteiger partial charge in [-0.05, 0) is 56.2 Å². The van der Waals surface area contributed by atoms with Gasteiger partial charge in [0.2, 0.25) is 0 Å². The van der Waals surface area contributed by atoms with Crippen LogP contribution in [0.15, 0.2) is 45.7 Å². The predicted molar refractivity (Wildman–Crippen MR) is 124 cm³/mol. The number of hydrazine groups is 1. The van der Waals surface area contributed by atoms with Gasteiger partial charge in [0.25, 0.3) is 21.8 Å². The minimum atomic E-state index is -3.98. The van der Waals surface area contributed by atoms with Crippen LogP contribution in [-0.2, 0) is 10.0 Å². The first-order valence-corrected chi connectivity index (χ1v) is 12.4. The van der Waals surface area contributed by atoms with Crippen molar-refractivity contribution >= 4 is 45.0 Å². The van der Waals surface area contributed by atoms with Crippen LogP contribution in [-0.4, -0.2) is 39.2 Å². The minimum absolute atomic E-state index is 0.0715. The number of anilines is 1. The van der Waals surface area contributed by atoms with E-state index < -0.39 is 21.8 Å². The molecule has 0 unspecified atom stereocenters. The van der Waals surface area contributed by atoms with Gasteiger partial charge >= 0.3 is 0 Å². The van der Waals surface area contributed by atoms with E-state index in [9.17, 15) is 18.0 Å². The average Bonchev–Trinajstić information content (AvgIpc) is 3.02. The highest BCUT2D eigenvalue weighted by Crippen LogP contribution is 2.37. The van der Waals surface area contributed by atoms with Crippen LogP contribution in [0, 0.1) is 0 Å². The number of carbonyl (C=O) groups excluding carboxylic acids is 2. The van der Waals surface area contributed by atoms with Gasteiger partial charge in [0.15, 0.2) is 0 Å². The van der Waals surface area contributed by atoms with Crippen LogP contribution in [0.3, 0.4) is 0 Å². The van der Waals surface area contributed by atoms with Gasteiger partial charge in [0.1, 0.15) is 16.5 Å². The Morgan fingerprint density at radius 1 is 1.09 bits per heavy atom. The number of hydrogen-bond donors (Lipinski definition) is 2. The van der Waals surface area contributed by atoms with Crippen LogP contribution in [0.1, 0.15) is 53.3 Å². The summed E-state index contributed by atoms with van der Waals surface area (Å²) in [7, 11) is -3.98. The molecule has 0 aliphatic carbocycles. The van der Waals surface area contributed by atoms with Gasteiger partial charge in [0, 0.05) is 18.5 Å². The first kappa shape index (κ1) is 23.1. The van der Waals surface area contributed by atoms with E-state index in [2.05, 4.69) is 15.2 Å². The Hall–Kier alpha value is -3.11. The van der Waals surface area contributed by atoms with E-state index in [0.717, 1.165) is 19.3 Å². The lowest BCUT2D eigenvalue weighted by atomic mass is 10.1. The number of amidine groups is 1. The third-order valence-corrected chi connectivity index (χ3v) is 7.04. The van der Waals surface area contributed by atoms with Crippen molar-refractivity contribution in [3.63, 3.8) is 0 Å². The zero-order valence-corrected chi connectivity index (χ0v) is 19.5. The fourth-order valence-corrected chi connectivity index (χ4v) is 5.30. The third-order valence-electron chi connectivity index (χ3n) is 5.40. The van der Waals surface area contributed by atoms with Gasteiger partial charge in [-0.25, -0.2) is 0 Å². The molecule has 11 heteroatoms. The van der Waals surface area contributed by atoms with Crippen LogP contribution in [0.4, 0.5) is 5.69 Å². The molecule has 0 aromatic heterocycles. The number of halogens is 1. The summed E-state index contributed by atoms with van der Waals surface area (Å²) in [6.45, 7) is 2.98. The molecule has 2 N–H and O–H groups in total. The Morgan fingerprint density at radius 2 is 1.82 bits per heavy atom. The normalized spacial score (nSPS) is 16.5. The Morgan fingerprint density at radius 3 is 2.55 bits per heavy atom. The zero-order chi connectivity index (χ0) is 23.6. The number of amides is 2. The van der Waals surface area contributed by atoms with Crippen LogP contribution in [0.2, 0.25) is 5.02 Å². The summed E-state index contributed by atoms with van der Waals surface area (Å²) in [5.41, 5.74) is 5.23. The third kappa shape index (κ3) is 4.81. The first-order valence-electron chi connectivity index (χ1n) is 10.6. The Labute approximate surface area is 196 Å². The monoisotopic (exact) mass is 490 g/mol. The molecule has 0 bridgehead atoms. The van der Waals surface area contributed by atoms with E-state index in [1.165, 1.54) is 12.1 Å². The van der Waals surface area contributed by atoms with Gasteiger partial charge in [-0.2, -0.15) is 8.42 Å². The van der Waals surface area contributed by atoms with Crippen molar-refractivity contribution in [1.29, 1.82) is 0 Å². The smallest absolute Gasteiger partial charge is 0.286 e. The number of carbonyl (C=O) groups is 2. The van der Waals surface area contributed by atoms with E-state index in [0.29, 0.717) is 42.4 Å². The number of nitrogens with one attached hydrogen (secondary N) is 2. The number of sulfonamides is 1. The molecule has 4 rings (SSSR count). The molecule has 33 heavy (non-hydrogen) atoms. The lowest BCUT2D eigenvalue weighted by Crippen LogP contribution is -2.42. The summed E-state index contributed by atoms with van der Waals surface area (Å²) in [5, 5.41) is 0.0715. The zero-order valence-electron chi connectivity index (χ0n) is 17.9. The maximum atomic E-state index is 12.8. The van der Waals surface area contributed by atoms with Crippen molar-refractivity contribution in [1.82, 2.24) is 10.9 Å². The summed E-state index contributed by atoms with van der Waals surface area (Å²) in [6, 6.07) is 9.07. The number of ether oxygens (including phenoxy) is 1. The first-order chi connectivity index (χ1) is 15.8. The van der Waals surface area contributed by atoms with Crippen LogP contribution >= 0.6 is 11.6 Å². The summed E-state index contributed by atoms with van der Waals surface area (Å²) >= 11 is 6.35. The van der Waals surface area contributed by atoms with Gasteiger partial charge in [-0.15, -0.1) is 4.40 Å². The van der Waals surface area contributed by atoms with Crippen LogP contribution in [0.25, 0.3) is 0 Å². The lowest BCUT2D eigenvalue weighted by Gasteiger charge is -2.30. The molecule has 2 aliphatic rings. The van der Waals surface area contributed by atoms with Gasteiger partial charge in [0.05, 0.1) is 22.9 Å². The number of hydrogen-bond acceptors (Lipinski definition) is 6. The number of rotatable bonds is 4. The minimum Gasteiger partial charge on any atom is -0.494 e. The van der Waals surface area contributed by atoms with Crippen molar-refractivity contribution in [2.75, 3.05) is 18.1 Å². The number of fused-ring (bicyclic) bond motifs is 3. The molecule has 1 saturated heterocycles. The molecular weight excluding hydrogens is 468 g/mol. The molecule has 0 radical (unpaired) electrons. The fraction of sp³-hybridized carbons (Fsp3) is 0.318. The standard InChI is InChI=1S/C22H23ClN4O5S/c1-2-32-15-9-7-14(8-10-15)21(28)24-25-22(29)16-12-19-18(13-17(16)23)27-11-5-3-4-6-20(27)26-33(19,30)31/h7-10,12-13H,2-6,11H2,1H3,(H,24,28)(H,25,29). The quantitative estimate of drug-likeness (QED) is 0.635. The summed E-state index contributed by atoms with van der Waals surface area (Å²) in [5.74, 6) is -0.180. The van der Waals surface area contributed by atoms with E-state index in [4.69, 9.17) is 16.3 Å². The highest BCUT2D eigenvalue weighted by Gasteiger charge is 2.33. The highest BCUT2D eigenvalue weighted by molar-refractivity contribution is 7.90. The van der Waals surface area contributed by atoms with Crippen molar-refractivity contribution < 1.29 is 22.7 Å². The molecule has 2 aromatic rings. The molecule has 1 fully saturated rings. The maximum Gasteiger partial charge on any atom is 0.286 e. The van der Waals surface area contributed by atoms with Crippen molar-refractivity contribution in [2.45, 2.75) is 37.5 Å². The molecule has 0 spiro atoms. The second kappa shape index (κ2) is 9.40. The fourth-order valence-electron chi connectivity index (χ4n) is 3.79.